The van der Waals surface area contributed by atoms with E-state index in [9.17, 15) is 13.2 Å². The zero-order valence-electron chi connectivity index (χ0n) is 14.4. The van der Waals surface area contributed by atoms with Gasteiger partial charge in [-0.15, -0.1) is 12.4 Å². The Balaban J connectivity index is 0.00000312. The van der Waals surface area contributed by atoms with Crippen LogP contribution in [0.25, 0.3) is 0 Å². The number of nitrogens with two attached hydrogens (primary N) is 1. The molecule has 7 nitrogen and oxygen atoms in total. The highest BCUT2D eigenvalue weighted by molar-refractivity contribution is 7.91. The SMILES string of the molecule is COCC(N)C(=O)N(Cc1ccc(OC)cc1)C1CCS(=O)(=O)C1.Cl. The van der Waals surface area contributed by atoms with Crippen LogP contribution in [0.1, 0.15) is 12.0 Å². The van der Waals surface area contributed by atoms with E-state index in [2.05, 4.69) is 0 Å². The van der Waals surface area contributed by atoms with Gasteiger partial charge in [0.05, 0.1) is 25.2 Å². The number of amides is 1. The highest BCUT2D eigenvalue weighted by Gasteiger charge is 2.36. The second kappa shape index (κ2) is 9.38. The summed E-state index contributed by atoms with van der Waals surface area (Å²) in [6.07, 6.45) is 0.434. The van der Waals surface area contributed by atoms with Gasteiger partial charge in [0.25, 0.3) is 0 Å². The zero-order chi connectivity index (χ0) is 17.7. The quantitative estimate of drug-likeness (QED) is 0.729. The van der Waals surface area contributed by atoms with Crippen molar-refractivity contribution in [3.8, 4) is 5.75 Å². The molecule has 0 saturated carbocycles. The van der Waals surface area contributed by atoms with Gasteiger partial charge < -0.3 is 20.1 Å². The standard InChI is InChI=1S/C16H24N2O5S.ClH/c1-22-10-15(17)16(19)18(13-7-8-24(20,21)11-13)9-12-3-5-14(23-2)6-4-12;/h3-6,13,15H,7-11,17H2,1-2H3;1H. The first kappa shape index (κ1) is 21.7. The monoisotopic (exact) mass is 392 g/mol. The topological polar surface area (TPSA) is 98.9 Å². The lowest BCUT2D eigenvalue weighted by atomic mass is 10.1. The first-order valence-corrected chi connectivity index (χ1v) is 9.57. The summed E-state index contributed by atoms with van der Waals surface area (Å²) in [5, 5.41) is 0. The molecule has 0 aliphatic carbocycles. The van der Waals surface area contributed by atoms with E-state index < -0.39 is 15.9 Å². The molecule has 142 valence electrons. The second-order valence-electron chi connectivity index (χ2n) is 5.93. The van der Waals surface area contributed by atoms with Gasteiger partial charge in [-0.05, 0) is 24.1 Å². The first-order valence-electron chi connectivity index (χ1n) is 7.74. The van der Waals surface area contributed by atoms with Crippen molar-refractivity contribution in [1.82, 2.24) is 4.90 Å². The van der Waals surface area contributed by atoms with Crippen molar-refractivity contribution in [2.75, 3.05) is 32.3 Å². The molecule has 2 unspecified atom stereocenters. The van der Waals surface area contributed by atoms with Gasteiger partial charge in [-0.25, -0.2) is 8.42 Å². The number of carbonyl (C=O) groups is 1. The highest BCUT2D eigenvalue weighted by atomic mass is 35.5. The largest absolute Gasteiger partial charge is 0.497 e. The highest BCUT2D eigenvalue weighted by Crippen LogP contribution is 2.22. The minimum atomic E-state index is -3.10. The maximum absolute atomic E-state index is 12.7. The van der Waals surface area contributed by atoms with Gasteiger partial charge in [-0.2, -0.15) is 0 Å². The molecule has 1 amide bonds. The average Bonchev–Trinajstić information content (AvgIpc) is 2.92. The Morgan fingerprint density at radius 1 is 1.32 bits per heavy atom. The van der Waals surface area contributed by atoms with Crippen molar-refractivity contribution in [2.24, 2.45) is 5.73 Å². The normalized spacial score (nSPS) is 19.7. The molecule has 1 aromatic carbocycles. The minimum absolute atomic E-state index is 0. The molecule has 1 aromatic rings. The molecule has 2 atom stereocenters. The van der Waals surface area contributed by atoms with Gasteiger partial charge in [-0.3, -0.25) is 4.79 Å². The van der Waals surface area contributed by atoms with Crippen LogP contribution in [0.3, 0.4) is 0 Å². The third kappa shape index (κ3) is 5.85. The third-order valence-electron chi connectivity index (χ3n) is 4.11. The summed E-state index contributed by atoms with van der Waals surface area (Å²) in [4.78, 5) is 14.2. The fraction of sp³-hybridized carbons (Fsp3) is 0.562. The number of rotatable bonds is 7. The number of hydrogen-bond acceptors (Lipinski definition) is 6. The molecule has 1 fully saturated rings. The fourth-order valence-corrected chi connectivity index (χ4v) is 4.53. The van der Waals surface area contributed by atoms with E-state index in [4.69, 9.17) is 15.2 Å². The summed E-state index contributed by atoms with van der Waals surface area (Å²) in [7, 11) is -0.0464. The van der Waals surface area contributed by atoms with Crippen LogP contribution in [0.15, 0.2) is 24.3 Å². The number of benzene rings is 1. The Hall–Kier alpha value is -1.35. The summed E-state index contributed by atoms with van der Waals surface area (Å²) in [6.45, 7) is 0.401. The zero-order valence-corrected chi connectivity index (χ0v) is 16.0. The lowest BCUT2D eigenvalue weighted by molar-refractivity contribution is -0.136. The van der Waals surface area contributed by atoms with Gasteiger partial charge in [0.15, 0.2) is 9.84 Å². The number of methoxy groups -OCH3 is 2. The van der Waals surface area contributed by atoms with Crippen LogP contribution in [0, 0.1) is 0 Å². The lowest BCUT2D eigenvalue weighted by Gasteiger charge is -2.30. The molecule has 2 rings (SSSR count). The Labute approximate surface area is 154 Å². The molecule has 1 aliphatic rings. The molecule has 0 radical (unpaired) electrons. The van der Waals surface area contributed by atoms with E-state index in [1.807, 2.05) is 12.1 Å². The van der Waals surface area contributed by atoms with Crippen molar-refractivity contribution >= 4 is 28.2 Å². The summed E-state index contributed by atoms with van der Waals surface area (Å²) in [5.41, 5.74) is 6.76. The maximum atomic E-state index is 12.7. The Morgan fingerprint density at radius 3 is 2.44 bits per heavy atom. The van der Waals surface area contributed by atoms with Gasteiger partial charge >= 0.3 is 0 Å². The van der Waals surface area contributed by atoms with Crippen molar-refractivity contribution < 1.29 is 22.7 Å². The summed E-state index contributed by atoms with van der Waals surface area (Å²) in [5.74, 6) is 0.504. The maximum Gasteiger partial charge on any atom is 0.242 e. The van der Waals surface area contributed by atoms with Crippen molar-refractivity contribution in [1.29, 1.82) is 0 Å². The van der Waals surface area contributed by atoms with E-state index in [1.54, 1.807) is 24.1 Å². The van der Waals surface area contributed by atoms with E-state index in [1.165, 1.54) is 7.11 Å². The van der Waals surface area contributed by atoms with Gasteiger partial charge in [0.2, 0.25) is 5.91 Å². The van der Waals surface area contributed by atoms with E-state index >= 15 is 0 Å². The molecule has 25 heavy (non-hydrogen) atoms. The van der Waals surface area contributed by atoms with Crippen molar-refractivity contribution in [3.05, 3.63) is 29.8 Å². The number of sulfone groups is 1. The molecule has 1 saturated heterocycles. The number of nitrogens with zero attached hydrogens (tertiary/aromatic N) is 1. The predicted octanol–water partition coefficient (Wildman–Crippen LogP) is 0.606. The molecule has 1 heterocycles. The molecule has 9 heteroatoms. The number of ether oxygens (including phenoxy) is 2. The minimum Gasteiger partial charge on any atom is -0.497 e. The van der Waals surface area contributed by atoms with Crippen LogP contribution in [0.4, 0.5) is 0 Å². The van der Waals surface area contributed by atoms with Crippen LogP contribution in [-0.2, 0) is 25.9 Å². The van der Waals surface area contributed by atoms with E-state index in [-0.39, 0.29) is 42.5 Å². The molecule has 1 aliphatic heterocycles. The van der Waals surface area contributed by atoms with Crippen LogP contribution in [0.5, 0.6) is 5.75 Å². The van der Waals surface area contributed by atoms with Crippen LogP contribution < -0.4 is 10.5 Å². The number of carbonyl (C=O) groups excluding carboxylic acids is 1. The number of hydrogen-bond donors (Lipinski definition) is 1. The van der Waals surface area contributed by atoms with E-state index in [0.717, 1.165) is 11.3 Å². The average molecular weight is 393 g/mol. The number of halogens is 1. The van der Waals surface area contributed by atoms with Crippen molar-refractivity contribution in [3.63, 3.8) is 0 Å². The Bertz CT molecular complexity index is 666. The molecule has 0 spiro atoms. The summed E-state index contributed by atoms with van der Waals surface area (Å²) in [6, 6.07) is 6.15. The van der Waals surface area contributed by atoms with Gasteiger partial charge in [0.1, 0.15) is 11.8 Å². The summed E-state index contributed by atoms with van der Waals surface area (Å²) >= 11 is 0. The van der Waals surface area contributed by atoms with Gasteiger partial charge in [0, 0.05) is 19.7 Å². The lowest BCUT2D eigenvalue weighted by Crippen LogP contribution is -2.50. The van der Waals surface area contributed by atoms with Crippen LogP contribution in [0.2, 0.25) is 0 Å². The Morgan fingerprint density at radius 2 is 1.96 bits per heavy atom. The van der Waals surface area contributed by atoms with Crippen LogP contribution >= 0.6 is 12.4 Å². The third-order valence-corrected chi connectivity index (χ3v) is 5.86. The Kier molecular flexibility index (Phi) is 8.14. The van der Waals surface area contributed by atoms with E-state index in [0.29, 0.717) is 13.0 Å². The molecular weight excluding hydrogens is 368 g/mol. The molecule has 0 bridgehead atoms. The fourth-order valence-electron chi connectivity index (χ4n) is 2.80. The van der Waals surface area contributed by atoms with Gasteiger partial charge in [-0.1, -0.05) is 12.1 Å². The second-order valence-corrected chi connectivity index (χ2v) is 8.16. The van der Waals surface area contributed by atoms with Crippen LogP contribution in [-0.4, -0.2) is 63.6 Å². The smallest absolute Gasteiger partial charge is 0.242 e. The van der Waals surface area contributed by atoms with Crippen molar-refractivity contribution in [2.45, 2.75) is 25.0 Å². The molecule has 2 N–H and O–H groups in total. The molecule has 0 aromatic heterocycles. The first-order chi connectivity index (χ1) is 11.4. The molecular formula is C16H25ClN2O5S. The predicted molar refractivity (Wildman–Crippen MR) is 97.7 cm³/mol. The summed E-state index contributed by atoms with van der Waals surface area (Å²) < 4.78 is 33.7.